The summed E-state index contributed by atoms with van der Waals surface area (Å²) >= 11 is 0. The molecule has 0 amide bonds. The molecule has 1 unspecified atom stereocenters. The highest BCUT2D eigenvalue weighted by atomic mass is 19.1. The van der Waals surface area contributed by atoms with Crippen LogP contribution in [0, 0.1) is 5.92 Å². The number of hydrogen-bond donors (Lipinski definition) is 1. The maximum absolute atomic E-state index is 13.3. The van der Waals surface area contributed by atoms with Crippen molar-refractivity contribution in [3.63, 3.8) is 0 Å². The molecule has 0 saturated carbocycles. The number of rotatable bonds is 4. The minimum Gasteiger partial charge on any atom is -0.393 e. The molecular weight excluding hydrogens is 179 g/mol. The fraction of sp³-hybridized carbons (Fsp3) is 0.500. The fourth-order valence-electron chi connectivity index (χ4n) is 1.56. The first-order chi connectivity index (χ1) is 6.65. The van der Waals surface area contributed by atoms with Gasteiger partial charge in [0.2, 0.25) is 0 Å². The van der Waals surface area contributed by atoms with Crippen LogP contribution in [0.2, 0.25) is 0 Å². The number of aliphatic hydroxyl groups excluding tert-OH is 1. The van der Waals surface area contributed by atoms with Crippen LogP contribution in [-0.4, -0.2) is 11.7 Å². The number of alkyl halides is 1. The van der Waals surface area contributed by atoms with Crippen LogP contribution >= 0.6 is 0 Å². The third-order valence-corrected chi connectivity index (χ3v) is 2.18. The number of halogens is 1. The SMILES string of the molecule is CC(C)Cc1ccccc1C(F)CO. The van der Waals surface area contributed by atoms with Crippen LogP contribution in [0.3, 0.4) is 0 Å². The molecule has 1 atom stereocenters. The maximum atomic E-state index is 13.3. The van der Waals surface area contributed by atoms with Gasteiger partial charge in [-0.05, 0) is 23.5 Å². The maximum Gasteiger partial charge on any atom is 0.148 e. The Hall–Kier alpha value is -0.890. The molecule has 0 aliphatic heterocycles. The first-order valence-corrected chi connectivity index (χ1v) is 4.98. The van der Waals surface area contributed by atoms with Crippen LogP contribution in [0.25, 0.3) is 0 Å². The summed E-state index contributed by atoms with van der Waals surface area (Å²) in [5.74, 6) is 0.502. The minimum atomic E-state index is -1.25. The summed E-state index contributed by atoms with van der Waals surface area (Å²) in [6.45, 7) is 3.76. The quantitative estimate of drug-likeness (QED) is 0.785. The topological polar surface area (TPSA) is 20.2 Å². The molecule has 0 aromatic heterocycles. The Balaban J connectivity index is 2.91. The van der Waals surface area contributed by atoms with Gasteiger partial charge in [-0.3, -0.25) is 0 Å². The molecule has 78 valence electrons. The lowest BCUT2D eigenvalue weighted by Crippen LogP contribution is -2.04. The molecule has 1 nitrogen and oxygen atoms in total. The van der Waals surface area contributed by atoms with Crippen LogP contribution in [0.1, 0.15) is 31.1 Å². The molecule has 0 bridgehead atoms. The second-order valence-corrected chi connectivity index (χ2v) is 3.95. The van der Waals surface area contributed by atoms with Gasteiger partial charge in [-0.15, -0.1) is 0 Å². The van der Waals surface area contributed by atoms with E-state index < -0.39 is 12.8 Å². The van der Waals surface area contributed by atoms with Crippen LogP contribution in [0.5, 0.6) is 0 Å². The van der Waals surface area contributed by atoms with Gasteiger partial charge in [0.25, 0.3) is 0 Å². The number of aliphatic hydroxyl groups is 1. The summed E-state index contributed by atoms with van der Waals surface area (Å²) in [5.41, 5.74) is 1.63. The van der Waals surface area contributed by atoms with Crippen LogP contribution < -0.4 is 0 Å². The summed E-state index contributed by atoms with van der Waals surface area (Å²) in [7, 11) is 0. The molecule has 0 saturated heterocycles. The van der Waals surface area contributed by atoms with Gasteiger partial charge < -0.3 is 5.11 Å². The second-order valence-electron chi connectivity index (χ2n) is 3.95. The Kier molecular flexibility index (Phi) is 4.08. The molecule has 0 fully saturated rings. The summed E-state index contributed by atoms with van der Waals surface area (Å²) in [4.78, 5) is 0. The highest BCUT2D eigenvalue weighted by Gasteiger charge is 2.12. The van der Waals surface area contributed by atoms with Gasteiger partial charge in [0.15, 0.2) is 0 Å². The first-order valence-electron chi connectivity index (χ1n) is 4.98. The minimum absolute atomic E-state index is 0.435. The second kappa shape index (κ2) is 5.11. The lowest BCUT2D eigenvalue weighted by Gasteiger charge is -2.13. The normalized spacial score (nSPS) is 13.2. The molecule has 1 aromatic rings. The summed E-state index contributed by atoms with van der Waals surface area (Å²) < 4.78 is 13.3. The van der Waals surface area contributed by atoms with Crippen molar-refractivity contribution in [3.05, 3.63) is 35.4 Å². The molecule has 0 aliphatic rings. The first kappa shape index (κ1) is 11.2. The van der Waals surface area contributed by atoms with E-state index in [0.29, 0.717) is 11.5 Å². The van der Waals surface area contributed by atoms with Gasteiger partial charge in [0.1, 0.15) is 6.17 Å². The lowest BCUT2D eigenvalue weighted by molar-refractivity contribution is 0.179. The van der Waals surface area contributed by atoms with E-state index in [9.17, 15) is 4.39 Å². The van der Waals surface area contributed by atoms with E-state index in [2.05, 4.69) is 13.8 Å². The van der Waals surface area contributed by atoms with Crippen molar-refractivity contribution in [2.45, 2.75) is 26.4 Å². The van der Waals surface area contributed by atoms with Crippen LogP contribution in [0.4, 0.5) is 4.39 Å². The summed E-state index contributed by atoms with van der Waals surface area (Å²) in [6, 6.07) is 7.39. The third-order valence-electron chi connectivity index (χ3n) is 2.18. The molecule has 0 radical (unpaired) electrons. The Labute approximate surface area is 84.6 Å². The van der Waals surface area contributed by atoms with Crippen molar-refractivity contribution in [1.29, 1.82) is 0 Å². The number of hydrogen-bond acceptors (Lipinski definition) is 1. The smallest absolute Gasteiger partial charge is 0.148 e. The van der Waals surface area contributed by atoms with Crippen molar-refractivity contribution in [2.75, 3.05) is 6.61 Å². The van der Waals surface area contributed by atoms with E-state index in [4.69, 9.17) is 5.11 Å². The van der Waals surface area contributed by atoms with Gasteiger partial charge in [0.05, 0.1) is 6.61 Å². The van der Waals surface area contributed by atoms with Crippen molar-refractivity contribution in [1.82, 2.24) is 0 Å². The van der Waals surface area contributed by atoms with Gasteiger partial charge in [-0.1, -0.05) is 38.1 Å². The average molecular weight is 196 g/mol. The van der Waals surface area contributed by atoms with E-state index >= 15 is 0 Å². The monoisotopic (exact) mass is 196 g/mol. The van der Waals surface area contributed by atoms with E-state index in [-0.39, 0.29) is 0 Å². The van der Waals surface area contributed by atoms with E-state index in [0.717, 1.165) is 12.0 Å². The fourth-order valence-corrected chi connectivity index (χ4v) is 1.56. The Morgan fingerprint density at radius 3 is 2.50 bits per heavy atom. The predicted molar refractivity (Wildman–Crippen MR) is 55.9 cm³/mol. The van der Waals surface area contributed by atoms with Crippen LogP contribution in [-0.2, 0) is 6.42 Å². The molecule has 1 rings (SSSR count). The van der Waals surface area contributed by atoms with Crippen molar-refractivity contribution < 1.29 is 9.50 Å². The average Bonchev–Trinajstić information content (AvgIpc) is 2.16. The Morgan fingerprint density at radius 2 is 1.93 bits per heavy atom. The Morgan fingerprint density at radius 1 is 1.29 bits per heavy atom. The van der Waals surface area contributed by atoms with E-state index in [1.165, 1.54) is 0 Å². The van der Waals surface area contributed by atoms with Gasteiger partial charge in [-0.25, -0.2) is 4.39 Å². The molecule has 2 heteroatoms. The third kappa shape index (κ3) is 2.81. The van der Waals surface area contributed by atoms with Crippen LogP contribution in [0.15, 0.2) is 24.3 Å². The molecule has 1 N–H and O–H groups in total. The van der Waals surface area contributed by atoms with Gasteiger partial charge in [0, 0.05) is 0 Å². The summed E-state index contributed by atoms with van der Waals surface area (Å²) in [6.07, 6.45) is -0.388. The molecular formula is C12H17FO. The van der Waals surface area contributed by atoms with Crippen molar-refractivity contribution in [2.24, 2.45) is 5.92 Å². The van der Waals surface area contributed by atoms with Crippen molar-refractivity contribution in [3.8, 4) is 0 Å². The molecule has 0 spiro atoms. The van der Waals surface area contributed by atoms with Crippen molar-refractivity contribution >= 4 is 0 Å². The van der Waals surface area contributed by atoms with Gasteiger partial charge in [-0.2, -0.15) is 0 Å². The highest BCUT2D eigenvalue weighted by Crippen LogP contribution is 2.23. The van der Waals surface area contributed by atoms with E-state index in [1.54, 1.807) is 12.1 Å². The Bertz CT molecular complexity index is 283. The van der Waals surface area contributed by atoms with Gasteiger partial charge >= 0.3 is 0 Å². The zero-order chi connectivity index (χ0) is 10.6. The molecule has 14 heavy (non-hydrogen) atoms. The molecule has 0 aliphatic carbocycles. The van der Waals surface area contributed by atoms with E-state index in [1.807, 2.05) is 12.1 Å². The standard InChI is InChI=1S/C12H17FO/c1-9(2)7-10-5-3-4-6-11(10)12(13)8-14/h3-6,9,12,14H,7-8H2,1-2H3. The molecule has 0 heterocycles. The zero-order valence-corrected chi connectivity index (χ0v) is 8.70. The largest absolute Gasteiger partial charge is 0.393 e. The molecule has 1 aromatic carbocycles. The number of benzene rings is 1. The predicted octanol–water partition coefficient (Wildman–Crippen LogP) is 2.89. The lowest BCUT2D eigenvalue weighted by atomic mass is 9.96. The summed E-state index contributed by atoms with van der Waals surface area (Å²) in [5, 5.41) is 8.77. The zero-order valence-electron chi connectivity index (χ0n) is 8.70. The highest BCUT2D eigenvalue weighted by molar-refractivity contribution is 5.29.